The van der Waals surface area contributed by atoms with Gasteiger partial charge in [0.05, 0.1) is 5.69 Å². The first-order chi connectivity index (χ1) is 8.14. The second-order valence-corrected chi connectivity index (χ2v) is 4.10. The minimum atomic E-state index is -1.59. The van der Waals surface area contributed by atoms with Crippen molar-refractivity contribution in [3.8, 4) is 0 Å². The molecule has 2 aromatic rings. The Morgan fingerprint density at radius 1 is 1.35 bits per heavy atom. The summed E-state index contributed by atoms with van der Waals surface area (Å²) in [6.07, 6.45) is 1.84. The normalized spacial score (nSPS) is 14.5. The highest BCUT2D eigenvalue weighted by Crippen LogP contribution is 2.28. The van der Waals surface area contributed by atoms with Crippen LogP contribution in [0.15, 0.2) is 36.5 Å². The maximum atomic E-state index is 14.7. The molecule has 0 aliphatic heterocycles. The summed E-state index contributed by atoms with van der Waals surface area (Å²) in [4.78, 5) is 0. The molecule has 17 heavy (non-hydrogen) atoms. The maximum Gasteiger partial charge on any atom is 0.153 e. The Balaban J connectivity index is 2.26. The van der Waals surface area contributed by atoms with Gasteiger partial charge in [0.15, 0.2) is 5.67 Å². The SMILES string of the molecule is Cn1cc(CC(F)(CN)c2ccccc2)nn1. The second-order valence-electron chi connectivity index (χ2n) is 4.10. The van der Waals surface area contributed by atoms with Gasteiger partial charge in [0, 0.05) is 26.2 Å². The lowest BCUT2D eigenvalue weighted by molar-refractivity contribution is 0.173. The largest absolute Gasteiger partial charge is 0.327 e. The van der Waals surface area contributed by atoms with Crippen LogP contribution in [0.1, 0.15) is 11.3 Å². The van der Waals surface area contributed by atoms with E-state index in [1.165, 1.54) is 0 Å². The molecular weight excluding hydrogens is 219 g/mol. The fourth-order valence-electron chi connectivity index (χ4n) is 1.79. The van der Waals surface area contributed by atoms with Gasteiger partial charge in [-0.15, -0.1) is 5.10 Å². The number of aromatic nitrogens is 3. The number of halogens is 1. The number of aryl methyl sites for hydroxylation is 1. The Bertz CT molecular complexity index is 482. The maximum absolute atomic E-state index is 14.7. The Morgan fingerprint density at radius 3 is 2.59 bits per heavy atom. The standard InChI is InChI=1S/C12H15FN4/c1-17-8-11(15-16-17)7-12(13,9-14)10-5-3-2-4-6-10/h2-6,8H,7,9,14H2,1H3. The number of alkyl halides is 1. The molecule has 0 spiro atoms. The van der Waals surface area contributed by atoms with Crippen LogP contribution in [0.2, 0.25) is 0 Å². The molecule has 1 aromatic heterocycles. The van der Waals surface area contributed by atoms with E-state index in [-0.39, 0.29) is 13.0 Å². The van der Waals surface area contributed by atoms with E-state index < -0.39 is 5.67 Å². The fourth-order valence-corrected chi connectivity index (χ4v) is 1.79. The van der Waals surface area contributed by atoms with E-state index in [2.05, 4.69) is 10.3 Å². The molecule has 1 atom stereocenters. The average molecular weight is 234 g/mol. The van der Waals surface area contributed by atoms with Crippen molar-refractivity contribution < 1.29 is 4.39 Å². The minimum absolute atomic E-state index is 0.0758. The molecule has 5 heteroatoms. The lowest BCUT2D eigenvalue weighted by Gasteiger charge is -2.22. The number of benzene rings is 1. The topological polar surface area (TPSA) is 56.7 Å². The minimum Gasteiger partial charge on any atom is -0.327 e. The Hall–Kier alpha value is -1.75. The van der Waals surface area contributed by atoms with Crippen molar-refractivity contribution in [2.45, 2.75) is 12.1 Å². The summed E-state index contributed by atoms with van der Waals surface area (Å²) in [6, 6.07) is 8.93. The molecule has 1 aromatic carbocycles. The van der Waals surface area contributed by atoms with E-state index in [1.807, 2.05) is 6.07 Å². The van der Waals surface area contributed by atoms with Crippen molar-refractivity contribution in [2.24, 2.45) is 12.8 Å². The third-order valence-electron chi connectivity index (χ3n) is 2.73. The molecule has 0 aliphatic rings. The zero-order chi connectivity index (χ0) is 12.3. The van der Waals surface area contributed by atoms with E-state index >= 15 is 0 Å². The van der Waals surface area contributed by atoms with Crippen molar-refractivity contribution in [1.29, 1.82) is 0 Å². The van der Waals surface area contributed by atoms with Crippen LogP contribution in [-0.4, -0.2) is 21.5 Å². The van der Waals surface area contributed by atoms with E-state index in [9.17, 15) is 4.39 Å². The van der Waals surface area contributed by atoms with E-state index in [4.69, 9.17) is 5.73 Å². The summed E-state index contributed by atoms with van der Waals surface area (Å²) < 4.78 is 16.3. The van der Waals surface area contributed by atoms with Crippen LogP contribution in [0.5, 0.6) is 0 Å². The van der Waals surface area contributed by atoms with Crippen molar-refractivity contribution in [1.82, 2.24) is 15.0 Å². The zero-order valence-electron chi connectivity index (χ0n) is 9.68. The molecule has 2 rings (SSSR count). The highest BCUT2D eigenvalue weighted by atomic mass is 19.1. The number of rotatable bonds is 4. The van der Waals surface area contributed by atoms with Crippen molar-refractivity contribution in [3.63, 3.8) is 0 Å². The number of nitrogens with two attached hydrogens (primary N) is 1. The van der Waals surface area contributed by atoms with Crippen LogP contribution in [0.3, 0.4) is 0 Å². The van der Waals surface area contributed by atoms with Gasteiger partial charge < -0.3 is 5.73 Å². The molecule has 0 radical (unpaired) electrons. The van der Waals surface area contributed by atoms with Gasteiger partial charge in [-0.3, -0.25) is 4.68 Å². The summed E-state index contributed by atoms with van der Waals surface area (Å²) in [6.45, 7) is -0.0758. The van der Waals surface area contributed by atoms with Gasteiger partial charge in [0.2, 0.25) is 0 Å². The predicted octanol–water partition coefficient (Wildman–Crippen LogP) is 1.18. The molecule has 1 heterocycles. The van der Waals surface area contributed by atoms with Gasteiger partial charge >= 0.3 is 0 Å². The highest BCUT2D eigenvalue weighted by molar-refractivity contribution is 5.24. The highest BCUT2D eigenvalue weighted by Gasteiger charge is 2.31. The average Bonchev–Trinajstić information content (AvgIpc) is 2.75. The molecule has 0 fully saturated rings. The molecular formula is C12H15FN4. The first-order valence-electron chi connectivity index (χ1n) is 5.44. The number of nitrogens with zero attached hydrogens (tertiary/aromatic N) is 3. The van der Waals surface area contributed by atoms with E-state index in [1.54, 1.807) is 42.2 Å². The van der Waals surface area contributed by atoms with E-state index in [0.717, 1.165) is 0 Å². The molecule has 0 aliphatic carbocycles. The summed E-state index contributed by atoms with van der Waals surface area (Å²) in [7, 11) is 1.75. The molecule has 1 unspecified atom stereocenters. The summed E-state index contributed by atoms with van der Waals surface area (Å²) in [5, 5.41) is 7.68. The summed E-state index contributed by atoms with van der Waals surface area (Å²) in [5.74, 6) is 0. The predicted molar refractivity (Wildman–Crippen MR) is 63.0 cm³/mol. The van der Waals surface area contributed by atoms with Gasteiger partial charge in [-0.2, -0.15) is 0 Å². The zero-order valence-corrected chi connectivity index (χ0v) is 9.68. The second kappa shape index (κ2) is 4.63. The number of hydrogen-bond acceptors (Lipinski definition) is 3. The van der Waals surface area contributed by atoms with Crippen LogP contribution in [0.4, 0.5) is 4.39 Å². The van der Waals surface area contributed by atoms with Crippen LogP contribution in [-0.2, 0) is 19.1 Å². The van der Waals surface area contributed by atoms with Crippen molar-refractivity contribution in [2.75, 3.05) is 6.54 Å². The van der Waals surface area contributed by atoms with Crippen LogP contribution < -0.4 is 5.73 Å². The quantitative estimate of drug-likeness (QED) is 0.864. The molecule has 0 bridgehead atoms. The first kappa shape index (κ1) is 11.7. The smallest absolute Gasteiger partial charge is 0.153 e. The Labute approximate surface area is 99.2 Å². The van der Waals surface area contributed by atoms with Gasteiger partial charge in [0.1, 0.15) is 0 Å². The first-order valence-corrected chi connectivity index (χ1v) is 5.44. The number of hydrogen-bond donors (Lipinski definition) is 1. The Morgan fingerprint density at radius 2 is 2.06 bits per heavy atom. The Kier molecular flexibility index (Phi) is 3.19. The van der Waals surface area contributed by atoms with Gasteiger partial charge in [-0.1, -0.05) is 35.5 Å². The molecule has 0 saturated carbocycles. The van der Waals surface area contributed by atoms with Crippen molar-refractivity contribution in [3.05, 3.63) is 47.8 Å². The van der Waals surface area contributed by atoms with Gasteiger partial charge in [0.25, 0.3) is 0 Å². The lowest BCUT2D eigenvalue weighted by Crippen LogP contribution is -2.32. The van der Waals surface area contributed by atoms with Crippen LogP contribution in [0.25, 0.3) is 0 Å². The summed E-state index contributed by atoms with van der Waals surface area (Å²) in [5.41, 5.74) is 5.16. The third-order valence-corrected chi connectivity index (χ3v) is 2.73. The molecule has 0 saturated heterocycles. The van der Waals surface area contributed by atoms with Crippen LogP contribution >= 0.6 is 0 Å². The van der Waals surface area contributed by atoms with Crippen molar-refractivity contribution >= 4 is 0 Å². The van der Waals surface area contributed by atoms with Gasteiger partial charge in [-0.25, -0.2) is 4.39 Å². The van der Waals surface area contributed by atoms with E-state index in [0.29, 0.717) is 11.3 Å². The molecule has 90 valence electrons. The molecule has 4 nitrogen and oxygen atoms in total. The third kappa shape index (κ3) is 2.50. The molecule has 0 amide bonds. The monoisotopic (exact) mass is 234 g/mol. The fraction of sp³-hybridized carbons (Fsp3) is 0.333. The lowest BCUT2D eigenvalue weighted by atomic mass is 9.91. The van der Waals surface area contributed by atoms with Crippen LogP contribution in [0, 0.1) is 0 Å². The molecule has 2 N–H and O–H groups in total. The summed E-state index contributed by atoms with van der Waals surface area (Å²) >= 11 is 0. The van der Waals surface area contributed by atoms with Gasteiger partial charge in [-0.05, 0) is 5.56 Å².